The third kappa shape index (κ3) is 1.24. The molecule has 2 heterocycles. The van der Waals surface area contributed by atoms with Crippen molar-refractivity contribution < 1.29 is 4.74 Å². The van der Waals surface area contributed by atoms with E-state index in [0.717, 1.165) is 59.2 Å². The van der Waals surface area contributed by atoms with Crippen LogP contribution in [0.3, 0.4) is 0 Å². The molecule has 8 rings (SSSR count). The van der Waals surface area contributed by atoms with E-state index in [0.29, 0.717) is 28.9 Å². The minimum atomic E-state index is 0.240. The fourth-order valence-electron chi connectivity index (χ4n) is 10.6. The highest BCUT2D eigenvalue weighted by Crippen LogP contribution is 2.77. The maximum Gasteiger partial charge on any atom is 0.0670 e. The van der Waals surface area contributed by atoms with E-state index >= 15 is 0 Å². The van der Waals surface area contributed by atoms with E-state index in [-0.39, 0.29) is 5.92 Å². The molecular weight excluding hydrogens is 374 g/mol. The standard InChI is InChI=1S/C22H24BrNO/c23-20-12-4-9(13(20)6-24)16-19(12)22-18-11-5-10(17(18)21(16)25-22)14-7-1-2-8(3-7)15(11)14/h1-2,7-22H,3-5H2. The Kier molecular flexibility index (Phi) is 2.24. The van der Waals surface area contributed by atoms with Crippen molar-refractivity contribution in [2.45, 2.75) is 36.3 Å². The van der Waals surface area contributed by atoms with Gasteiger partial charge in [0.1, 0.15) is 0 Å². The quantitative estimate of drug-likeness (QED) is 0.353. The molecule has 2 nitrogen and oxygen atoms in total. The summed E-state index contributed by atoms with van der Waals surface area (Å²) in [5.74, 6) is 10.6. The molecule has 0 spiro atoms. The van der Waals surface area contributed by atoms with Crippen molar-refractivity contribution in [3.8, 4) is 6.07 Å². The average Bonchev–Trinajstić information content (AvgIpc) is 3.45. The van der Waals surface area contributed by atoms with Gasteiger partial charge in [0.15, 0.2) is 0 Å². The van der Waals surface area contributed by atoms with Crippen LogP contribution >= 0.6 is 15.9 Å². The highest BCUT2D eigenvalue weighted by molar-refractivity contribution is 9.09. The number of nitrogens with zero attached hydrogens (tertiary/aromatic N) is 1. The number of hydrogen-bond donors (Lipinski definition) is 0. The summed E-state index contributed by atoms with van der Waals surface area (Å²) >= 11 is 3.93. The highest BCUT2D eigenvalue weighted by atomic mass is 79.9. The number of fused-ring (bicyclic) bond motifs is 23. The van der Waals surface area contributed by atoms with Gasteiger partial charge in [-0.25, -0.2) is 0 Å². The lowest BCUT2D eigenvalue weighted by atomic mass is 9.54. The van der Waals surface area contributed by atoms with Gasteiger partial charge in [-0.2, -0.15) is 5.26 Å². The van der Waals surface area contributed by atoms with Gasteiger partial charge in [-0.15, -0.1) is 0 Å². The van der Waals surface area contributed by atoms with Gasteiger partial charge in [-0.1, -0.05) is 28.1 Å². The third-order valence-corrected chi connectivity index (χ3v) is 12.0. The second-order valence-corrected chi connectivity index (χ2v) is 11.8. The van der Waals surface area contributed by atoms with Crippen molar-refractivity contribution in [3.63, 3.8) is 0 Å². The summed E-state index contributed by atoms with van der Waals surface area (Å²) in [6, 6.07) is 2.66. The molecule has 2 aliphatic heterocycles. The van der Waals surface area contributed by atoms with Crippen molar-refractivity contribution >= 4 is 15.9 Å². The van der Waals surface area contributed by atoms with Crippen LogP contribution in [0.15, 0.2) is 12.2 Å². The minimum Gasteiger partial charge on any atom is -0.374 e. The Bertz CT molecular complexity index is 758. The largest absolute Gasteiger partial charge is 0.374 e. The lowest BCUT2D eigenvalue weighted by Crippen LogP contribution is -2.51. The zero-order chi connectivity index (χ0) is 16.2. The molecule has 2 saturated heterocycles. The normalized spacial score (nSPS) is 74.6. The van der Waals surface area contributed by atoms with E-state index in [2.05, 4.69) is 34.2 Å². The van der Waals surface area contributed by atoms with Crippen LogP contribution in [0.25, 0.3) is 0 Å². The molecule has 16 unspecified atom stereocenters. The number of allylic oxidation sites excluding steroid dienone is 2. The third-order valence-electron chi connectivity index (χ3n) is 10.7. The Balaban J connectivity index is 1.22. The first-order chi connectivity index (χ1) is 12.3. The molecule has 0 N–H and O–H groups in total. The SMILES string of the molecule is N#CC1C(Br)C2CC1C1C3OC(C21)C1C2CC(C4C5C=CC(C5)C24)C31. The number of rotatable bonds is 0. The van der Waals surface area contributed by atoms with Gasteiger partial charge in [-0.05, 0) is 90.3 Å². The molecule has 16 atom stereocenters. The molecule has 7 fully saturated rings. The van der Waals surface area contributed by atoms with Crippen LogP contribution in [-0.2, 0) is 4.74 Å². The van der Waals surface area contributed by atoms with Crippen molar-refractivity contribution in [1.82, 2.24) is 0 Å². The fourth-order valence-corrected chi connectivity index (χ4v) is 11.7. The van der Waals surface area contributed by atoms with Crippen molar-refractivity contribution in [2.75, 3.05) is 0 Å². The lowest BCUT2D eigenvalue weighted by Gasteiger charge is -2.48. The van der Waals surface area contributed by atoms with Crippen LogP contribution in [0.1, 0.15) is 19.3 Å². The van der Waals surface area contributed by atoms with Crippen molar-refractivity contribution in [3.05, 3.63) is 12.2 Å². The number of ether oxygens (including phenoxy) is 1. The Morgan fingerprint density at radius 3 is 1.96 bits per heavy atom. The van der Waals surface area contributed by atoms with Gasteiger partial charge in [0.25, 0.3) is 0 Å². The van der Waals surface area contributed by atoms with Gasteiger partial charge in [0, 0.05) is 4.83 Å². The zero-order valence-electron chi connectivity index (χ0n) is 14.2. The molecule has 0 aromatic heterocycles. The monoisotopic (exact) mass is 397 g/mol. The number of halogens is 1. The molecular formula is C22H24BrNO. The van der Waals surface area contributed by atoms with Gasteiger partial charge in [0.05, 0.1) is 24.2 Å². The van der Waals surface area contributed by atoms with Crippen molar-refractivity contribution in [1.29, 1.82) is 5.26 Å². The summed E-state index contributed by atoms with van der Waals surface area (Å²) in [6.45, 7) is 0. The Hall–Kier alpha value is -0.330. The van der Waals surface area contributed by atoms with Crippen LogP contribution in [0, 0.1) is 88.3 Å². The molecule has 0 aromatic rings. The smallest absolute Gasteiger partial charge is 0.0670 e. The zero-order valence-corrected chi connectivity index (χ0v) is 15.8. The summed E-state index contributed by atoms with van der Waals surface area (Å²) in [7, 11) is 0. The molecule has 0 aromatic carbocycles. The van der Waals surface area contributed by atoms with E-state index in [1.165, 1.54) is 19.3 Å². The molecule has 0 amide bonds. The van der Waals surface area contributed by atoms with Crippen LogP contribution in [-0.4, -0.2) is 17.0 Å². The first-order valence-corrected chi connectivity index (χ1v) is 11.6. The van der Waals surface area contributed by atoms with Crippen LogP contribution in [0.5, 0.6) is 0 Å². The number of alkyl halides is 1. The predicted octanol–water partition coefficient (Wildman–Crippen LogP) is 3.87. The minimum absolute atomic E-state index is 0.240. The Morgan fingerprint density at radius 2 is 1.32 bits per heavy atom. The van der Waals surface area contributed by atoms with Crippen LogP contribution in [0.2, 0.25) is 0 Å². The predicted molar refractivity (Wildman–Crippen MR) is 95.4 cm³/mol. The molecule has 6 aliphatic carbocycles. The molecule has 8 aliphatic rings. The second kappa shape index (κ2) is 4.07. The maximum atomic E-state index is 9.71. The summed E-state index contributed by atoms with van der Waals surface area (Å²) in [5.41, 5.74) is 0. The van der Waals surface area contributed by atoms with E-state index in [1.54, 1.807) is 0 Å². The molecule has 130 valence electrons. The molecule has 5 saturated carbocycles. The highest BCUT2D eigenvalue weighted by Gasteiger charge is 2.78. The van der Waals surface area contributed by atoms with E-state index in [4.69, 9.17) is 4.74 Å². The van der Waals surface area contributed by atoms with Gasteiger partial charge >= 0.3 is 0 Å². The Labute approximate surface area is 157 Å². The summed E-state index contributed by atoms with van der Waals surface area (Å²) in [4.78, 5) is 0.432. The summed E-state index contributed by atoms with van der Waals surface area (Å²) < 4.78 is 6.81. The van der Waals surface area contributed by atoms with Crippen LogP contribution in [0.4, 0.5) is 0 Å². The Morgan fingerprint density at radius 1 is 0.760 bits per heavy atom. The van der Waals surface area contributed by atoms with E-state index in [9.17, 15) is 5.26 Å². The number of hydrogen-bond acceptors (Lipinski definition) is 2. The maximum absolute atomic E-state index is 9.71. The first-order valence-electron chi connectivity index (χ1n) is 10.7. The topological polar surface area (TPSA) is 33.0 Å². The molecule has 25 heavy (non-hydrogen) atoms. The van der Waals surface area contributed by atoms with Crippen LogP contribution < -0.4 is 0 Å². The fraction of sp³-hybridized carbons (Fsp3) is 0.864. The lowest BCUT2D eigenvalue weighted by molar-refractivity contribution is 0.0185. The molecule has 3 heteroatoms. The number of nitriles is 1. The van der Waals surface area contributed by atoms with Gasteiger partial charge in [-0.3, -0.25) is 0 Å². The van der Waals surface area contributed by atoms with Gasteiger partial charge < -0.3 is 4.74 Å². The van der Waals surface area contributed by atoms with Gasteiger partial charge in [0.2, 0.25) is 0 Å². The van der Waals surface area contributed by atoms with E-state index < -0.39 is 0 Å². The summed E-state index contributed by atoms with van der Waals surface area (Å²) in [5, 5.41) is 9.71. The molecule has 0 radical (unpaired) electrons. The van der Waals surface area contributed by atoms with Crippen molar-refractivity contribution in [2.24, 2.45) is 76.9 Å². The average molecular weight is 398 g/mol. The first kappa shape index (κ1) is 13.8. The van der Waals surface area contributed by atoms with E-state index in [1.807, 2.05) is 0 Å². The summed E-state index contributed by atoms with van der Waals surface area (Å²) in [6.07, 6.45) is 10.5. The second-order valence-electron chi connectivity index (χ2n) is 10.7. The molecule has 8 bridgehead atoms.